The van der Waals surface area contributed by atoms with Gasteiger partial charge in [0.2, 0.25) is 11.8 Å². The molecule has 0 bridgehead atoms. The summed E-state index contributed by atoms with van der Waals surface area (Å²) in [6.45, 7) is 8.97. The maximum absolute atomic E-state index is 6.23. The van der Waals surface area contributed by atoms with Crippen molar-refractivity contribution < 1.29 is 8.83 Å². The molecule has 0 spiro atoms. The molecule has 6 nitrogen and oxygen atoms in total. The van der Waals surface area contributed by atoms with Gasteiger partial charge in [0.15, 0.2) is 11.2 Å². The topological polar surface area (TPSA) is 77.8 Å². The molecule has 202 valence electrons. The number of pyridine rings is 2. The van der Waals surface area contributed by atoms with E-state index >= 15 is 0 Å². The molecule has 0 saturated carbocycles. The molecule has 0 fully saturated rings. The Hall–Kier alpha value is -5.10. The lowest BCUT2D eigenvalue weighted by Crippen LogP contribution is -2.14. The van der Waals surface area contributed by atoms with Crippen LogP contribution in [0, 0.1) is 0 Å². The fourth-order valence-corrected chi connectivity index (χ4v) is 6.90. The van der Waals surface area contributed by atoms with E-state index in [2.05, 4.69) is 88.4 Å². The Morgan fingerprint density at radius 2 is 0.905 bits per heavy atom. The molecule has 4 aromatic heterocycles. The van der Waals surface area contributed by atoms with E-state index in [0.29, 0.717) is 45.4 Å². The molecule has 3 aromatic carbocycles. The number of hydrogen-bond acceptors (Lipinski definition) is 6. The molecule has 4 heterocycles. The van der Waals surface area contributed by atoms with E-state index in [-0.39, 0.29) is 10.8 Å². The molecular formula is C36H26N4O2. The summed E-state index contributed by atoms with van der Waals surface area (Å²) in [6, 6.07) is 29.0. The minimum absolute atomic E-state index is 0.0973. The zero-order valence-electron chi connectivity index (χ0n) is 23.7. The van der Waals surface area contributed by atoms with Crippen molar-refractivity contribution in [3.05, 3.63) is 107 Å². The van der Waals surface area contributed by atoms with Crippen LogP contribution in [0.25, 0.3) is 67.9 Å². The van der Waals surface area contributed by atoms with Gasteiger partial charge in [0.1, 0.15) is 22.4 Å². The molecule has 0 N–H and O–H groups in total. The fraction of sp³-hybridized carbons (Fsp3) is 0.167. The van der Waals surface area contributed by atoms with E-state index in [1.807, 2.05) is 24.3 Å². The van der Waals surface area contributed by atoms with Crippen LogP contribution in [-0.4, -0.2) is 19.9 Å². The number of nitrogens with zero attached hydrogens (tertiary/aromatic N) is 4. The van der Waals surface area contributed by atoms with Crippen molar-refractivity contribution >= 4 is 22.2 Å². The number of aromatic nitrogens is 4. The molecule has 7 aromatic rings. The first kappa shape index (κ1) is 23.6. The van der Waals surface area contributed by atoms with Crippen molar-refractivity contribution in [3.63, 3.8) is 0 Å². The van der Waals surface area contributed by atoms with Crippen molar-refractivity contribution in [1.82, 2.24) is 19.9 Å². The van der Waals surface area contributed by atoms with E-state index < -0.39 is 0 Å². The van der Waals surface area contributed by atoms with Crippen molar-refractivity contribution in [2.24, 2.45) is 0 Å². The van der Waals surface area contributed by atoms with Gasteiger partial charge in [0.05, 0.1) is 11.4 Å². The highest BCUT2D eigenvalue weighted by molar-refractivity contribution is 5.91. The van der Waals surface area contributed by atoms with Gasteiger partial charge in [-0.1, -0.05) is 88.4 Å². The minimum Gasteiger partial charge on any atom is -0.435 e. The summed E-state index contributed by atoms with van der Waals surface area (Å²) in [5, 5.41) is 0. The van der Waals surface area contributed by atoms with Gasteiger partial charge in [-0.25, -0.2) is 19.9 Å². The zero-order chi connectivity index (χ0) is 28.4. The fourth-order valence-electron chi connectivity index (χ4n) is 6.90. The molecule has 0 amide bonds. The summed E-state index contributed by atoms with van der Waals surface area (Å²) in [6.07, 6.45) is 0. The van der Waals surface area contributed by atoms with Crippen molar-refractivity contribution in [3.8, 4) is 45.7 Å². The average molecular weight is 547 g/mol. The summed E-state index contributed by atoms with van der Waals surface area (Å²) >= 11 is 0. The largest absolute Gasteiger partial charge is 0.435 e. The quantitative estimate of drug-likeness (QED) is 0.216. The molecule has 6 heteroatoms. The third kappa shape index (κ3) is 3.04. The Morgan fingerprint density at radius 1 is 0.476 bits per heavy atom. The van der Waals surface area contributed by atoms with Crippen LogP contribution in [0.4, 0.5) is 0 Å². The van der Waals surface area contributed by atoms with Crippen molar-refractivity contribution in [2.75, 3.05) is 0 Å². The number of rotatable bonds is 2. The number of oxazole rings is 2. The van der Waals surface area contributed by atoms with E-state index in [4.69, 9.17) is 28.8 Å². The van der Waals surface area contributed by atoms with Crippen LogP contribution in [0.2, 0.25) is 0 Å². The Bertz CT molecular complexity index is 2060. The van der Waals surface area contributed by atoms with Crippen LogP contribution in [0.1, 0.15) is 49.9 Å². The lowest BCUT2D eigenvalue weighted by molar-refractivity contribution is 0.614. The van der Waals surface area contributed by atoms with Crippen molar-refractivity contribution in [1.29, 1.82) is 0 Å². The monoisotopic (exact) mass is 546 g/mol. The van der Waals surface area contributed by atoms with Crippen LogP contribution in [0.5, 0.6) is 0 Å². The summed E-state index contributed by atoms with van der Waals surface area (Å²) in [5.41, 5.74) is 13.2. The molecule has 0 saturated heterocycles. The van der Waals surface area contributed by atoms with E-state index in [9.17, 15) is 0 Å². The van der Waals surface area contributed by atoms with Gasteiger partial charge in [-0.05, 0) is 34.4 Å². The predicted octanol–water partition coefficient (Wildman–Crippen LogP) is 8.71. The lowest BCUT2D eigenvalue weighted by Gasteiger charge is -2.20. The Kier molecular flexibility index (Phi) is 4.38. The van der Waals surface area contributed by atoms with Crippen LogP contribution in [-0.2, 0) is 10.8 Å². The van der Waals surface area contributed by atoms with E-state index in [1.54, 1.807) is 0 Å². The molecule has 0 atom stereocenters. The highest BCUT2D eigenvalue weighted by atomic mass is 16.4. The predicted molar refractivity (Wildman–Crippen MR) is 163 cm³/mol. The first-order chi connectivity index (χ1) is 20.3. The van der Waals surface area contributed by atoms with Crippen molar-refractivity contribution in [2.45, 2.75) is 38.5 Å². The van der Waals surface area contributed by atoms with Gasteiger partial charge in [-0.3, -0.25) is 0 Å². The van der Waals surface area contributed by atoms with Gasteiger partial charge in [0, 0.05) is 34.1 Å². The summed E-state index contributed by atoms with van der Waals surface area (Å²) < 4.78 is 12.5. The van der Waals surface area contributed by atoms with Gasteiger partial charge in [-0.2, -0.15) is 0 Å². The van der Waals surface area contributed by atoms with E-state index in [0.717, 1.165) is 22.5 Å². The second-order valence-corrected chi connectivity index (χ2v) is 12.4. The molecule has 2 aliphatic rings. The molecule has 42 heavy (non-hydrogen) atoms. The SMILES string of the molecule is CC1(C)c2ccccc2-c2nc(-c3nc4cc5oc(-c6ccc7c(n6)-c6ccccc6C7(C)C)nc5cc4o3)ccc21. The lowest BCUT2D eigenvalue weighted by atomic mass is 9.83. The minimum atomic E-state index is -0.0973. The normalized spacial score (nSPS) is 15.5. The number of fused-ring (bicyclic) bond motifs is 8. The Balaban J connectivity index is 1.11. The first-order valence-electron chi connectivity index (χ1n) is 14.2. The molecule has 0 unspecified atom stereocenters. The van der Waals surface area contributed by atoms with Crippen LogP contribution in [0.15, 0.2) is 93.8 Å². The third-order valence-corrected chi connectivity index (χ3v) is 9.18. The van der Waals surface area contributed by atoms with Gasteiger partial charge < -0.3 is 8.83 Å². The van der Waals surface area contributed by atoms with Crippen LogP contribution in [0.3, 0.4) is 0 Å². The Labute approximate surface area is 242 Å². The summed E-state index contributed by atoms with van der Waals surface area (Å²) in [5.74, 6) is 0.953. The highest BCUT2D eigenvalue weighted by Gasteiger charge is 2.37. The Morgan fingerprint density at radius 3 is 1.36 bits per heavy atom. The smallest absolute Gasteiger partial charge is 0.246 e. The summed E-state index contributed by atoms with van der Waals surface area (Å²) in [4.78, 5) is 19.6. The molecular weight excluding hydrogens is 520 g/mol. The molecule has 2 aliphatic carbocycles. The molecule has 0 radical (unpaired) electrons. The zero-order valence-corrected chi connectivity index (χ0v) is 23.7. The maximum atomic E-state index is 6.23. The number of benzene rings is 3. The molecule has 0 aliphatic heterocycles. The standard InChI is InChI=1S/C36H26N4O2/c1-35(2)21-11-7-5-9-19(21)31-23(35)13-15-25(37-31)33-39-27-17-30-28(18-29(27)41-33)40-34(42-30)26-16-14-24-32(38-26)20-10-6-8-12-22(20)36(24,3)4/h5-18H,1-4H3. The van der Waals surface area contributed by atoms with Crippen LogP contribution < -0.4 is 0 Å². The highest BCUT2D eigenvalue weighted by Crippen LogP contribution is 2.49. The first-order valence-corrected chi connectivity index (χ1v) is 14.2. The van der Waals surface area contributed by atoms with Gasteiger partial charge in [0.25, 0.3) is 0 Å². The average Bonchev–Trinajstić information content (AvgIpc) is 3.72. The maximum Gasteiger partial charge on any atom is 0.246 e. The second-order valence-electron chi connectivity index (χ2n) is 12.4. The number of hydrogen-bond donors (Lipinski definition) is 0. The molecule has 9 rings (SSSR count). The van der Waals surface area contributed by atoms with Gasteiger partial charge in [-0.15, -0.1) is 0 Å². The van der Waals surface area contributed by atoms with E-state index in [1.165, 1.54) is 22.3 Å². The third-order valence-electron chi connectivity index (χ3n) is 9.18. The van der Waals surface area contributed by atoms with Crippen LogP contribution >= 0.6 is 0 Å². The second kappa shape index (κ2) is 7.79. The van der Waals surface area contributed by atoms with Gasteiger partial charge >= 0.3 is 0 Å². The summed E-state index contributed by atoms with van der Waals surface area (Å²) in [7, 11) is 0.